The molecule has 0 saturated carbocycles. The van der Waals surface area contributed by atoms with E-state index in [0.29, 0.717) is 5.75 Å². The molecule has 0 heterocycles. The van der Waals surface area contributed by atoms with Crippen molar-refractivity contribution in [1.82, 2.24) is 0 Å². The summed E-state index contributed by atoms with van der Waals surface area (Å²) in [5, 5.41) is 9.37. The molecule has 0 aromatic heterocycles. The van der Waals surface area contributed by atoms with Crippen LogP contribution in [0.1, 0.15) is 12.5 Å². The van der Waals surface area contributed by atoms with E-state index in [-0.39, 0.29) is 0 Å². The second-order valence-corrected chi connectivity index (χ2v) is 11.3. The van der Waals surface area contributed by atoms with Crippen LogP contribution in [0.5, 0.6) is 5.75 Å². The molecule has 0 unspecified atom stereocenters. The van der Waals surface area contributed by atoms with Gasteiger partial charge in [-0.25, -0.2) is 0 Å². The standard InChI is InChI=1S/C7H7O.C2H5.Hg/c1-6-4-2-3-5-7(6)8;1-2;/h2-5,8H,1H2;1H2,2H3;. The van der Waals surface area contributed by atoms with E-state index in [4.69, 9.17) is 0 Å². The molecule has 1 aromatic carbocycles. The molecule has 0 aliphatic heterocycles. The predicted molar refractivity (Wildman–Crippen MR) is 42.3 cm³/mol. The second kappa shape index (κ2) is 4.76. The summed E-state index contributed by atoms with van der Waals surface area (Å²) in [5.41, 5.74) is 1.16. The van der Waals surface area contributed by atoms with Crippen molar-refractivity contribution in [3.8, 4) is 5.75 Å². The maximum absolute atomic E-state index is 9.37. The van der Waals surface area contributed by atoms with Gasteiger partial charge in [-0.1, -0.05) is 0 Å². The Labute approximate surface area is 79.9 Å². The molecule has 1 rings (SSSR count). The molecule has 1 N–H and O–H groups in total. The number of benzene rings is 1. The summed E-state index contributed by atoms with van der Waals surface area (Å²) in [6.45, 7) is 2.25. The molecule has 56 valence electrons. The fourth-order valence-electron chi connectivity index (χ4n) is 1.09. The number of hydrogen-bond acceptors (Lipinski definition) is 1. The van der Waals surface area contributed by atoms with Crippen molar-refractivity contribution in [3.63, 3.8) is 0 Å². The van der Waals surface area contributed by atoms with E-state index in [1.165, 1.54) is 7.86 Å². The van der Waals surface area contributed by atoms with Crippen molar-refractivity contribution in [2.75, 3.05) is 0 Å². The minimum atomic E-state index is -0.623. The van der Waals surface area contributed by atoms with Crippen LogP contribution in [0, 0.1) is 0 Å². The van der Waals surface area contributed by atoms with Gasteiger partial charge >= 0.3 is 80.0 Å². The van der Waals surface area contributed by atoms with Gasteiger partial charge in [0.2, 0.25) is 0 Å². The summed E-state index contributed by atoms with van der Waals surface area (Å²) in [7, 11) is 0. The molecule has 0 spiro atoms. The number of para-hydroxylation sites is 1. The number of aromatic hydroxyl groups is 1. The van der Waals surface area contributed by atoms with Crippen LogP contribution in [0.15, 0.2) is 24.3 Å². The zero-order valence-corrected chi connectivity index (χ0v) is 12.4. The Morgan fingerprint density at radius 1 is 1.36 bits per heavy atom. The second-order valence-electron chi connectivity index (χ2n) is 2.73. The first-order valence-corrected chi connectivity index (χ1v) is 11.9. The van der Waals surface area contributed by atoms with Crippen LogP contribution in [-0.2, 0) is 28.5 Å². The van der Waals surface area contributed by atoms with E-state index in [9.17, 15) is 5.11 Å². The summed E-state index contributed by atoms with van der Waals surface area (Å²) >= 11 is -0.623. The molecular weight excluding hydrogens is 325 g/mol. The van der Waals surface area contributed by atoms with Gasteiger partial charge in [-0.15, -0.1) is 0 Å². The molecule has 11 heavy (non-hydrogen) atoms. The fraction of sp³-hybridized carbons (Fsp3) is 0.333. The van der Waals surface area contributed by atoms with Crippen LogP contribution >= 0.6 is 0 Å². The minimum absolute atomic E-state index is 0.487. The van der Waals surface area contributed by atoms with Crippen LogP contribution in [0.4, 0.5) is 0 Å². The van der Waals surface area contributed by atoms with Gasteiger partial charge in [0.1, 0.15) is 0 Å². The third kappa shape index (κ3) is 2.82. The Bertz CT molecular complexity index is 223. The Morgan fingerprint density at radius 2 is 2.09 bits per heavy atom. The molecule has 0 fully saturated rings. The number of phenolic OH excluding ortho intramolecular Hbond substituents is 1. The van der Waals surface area contributed by atoms with Crippen LogP contribution in [0.2, 0.25) is 3.93 Å². The van der Waals surface area contributed by atoms with Crippen LogP contribution < -0.4 is 0 Å². The average Bonchev–Trinajstić information content (AvgIpc) is 2.03. The average molecular weight is 337 g/mol. The number of hydrogen-bond donors (Lipinski definition) is 1. The molecule has 1 aromatic rings. The van der Waals surface area contributed by atoms with E-state index < -0.39 is 24.6 Å². The van der Waals surface area contributed by atoms with Gasteiger partial charge in [0, 0.05) is 0 Å². The molecule has 0 amide bonds. The van der Waals surface area contributed by atoms with Crippen molar-refractivity contribution in [1.29, 1.82) is 0 Å². The van der Waals surface area contributed by atoms with Gasteiger partial charge in [-0.05, 0) is 0 Å². The third-order valence-corrected chi connectivity index (χ3v) is 8.01. The van der Waals surface area contributed by atoms with Crippen LogP contribution in [0.3, 0.4) is 0 Å². The van der Waals surface area contributed by atoms with Crippen molar-refractivity contribution >= 4 is 0 Å². The van der Waals surface area contributed by atoms with Crippen molar-refractivity contribution < 1.29 is 29.7 Å². The van der Waals surface area contributed by atoms with Gasteiger partial charge < -0.3 is 0 Å². The summed E-state index contributed by atoms with van der Waals surface area (Å²) in [4.78, 5) is 0. The molecular formula is C9H12HgO. The first-order chi connectivity index (χ1) is 5.34. The normalized spacial score (nSPS) is 9.18. The first kappa shape index (κ1) is 9.05. The topological polar surface area (TPSA) is 20.2 Å². The first-order valence-electron chi connectivity index (χ1n) is 4.11. The summed E-state index contributed by atoms with van der Waals surface area (Å²) < 4.78 is 2.61. The van der Waals surface area contributed by atoms with E-state index >= 15 is 0 Å². The van der Waals surface area contributed by atoms with E-state index in [2.05, 4.69) is 6.92 Å². The Balaban J connectivity index is 2.62. The predicted octanol–water partition coefficient (Wildman–Crippen LogP) is 2.41. The van der Waals surface area contributed by atoms with Gasteiger partial charge in [0.15, 0.2) is 0 Å². The van der Waals surface area contributed by atoms with Gasteiger partial charge in [-0.3, -0.25) is 0 Å². The SMILES string of the molecule is C[CH2][Hg][CH2]c1ccccc1O. The molecule has 0 radical (unpaired) electrons. The van der Waals surface area contributed by atoms with Gasteiger partial charge in [0.05, 0.1) is 0 Å². The molecule has 0 aliphatic rings. The molecule has 0 atom stereocenters. The fourth-order valence-corrected chi connectivity index (χ4v) is 5.59. The van der Waals surface area contributed by atoms with Gasteiger partial charge in [-0.2, -0.15) is 0 Å². The zero-order valence-electron chi connectivity index (χ0n) is 6.88. The number of rotatable bonds is 3. The maximum atomic E-state index is 9.37. The van der Waals surface area contributed by atoms with Gasteiger partial charge in [0.25, 0.3) is 0 Å². The van der Waals surface area contributed by atoms with Crippen molar-refractivity contribution in [3.05, 3.63) is 29.8 Å². The van der Waals surface area contributed by atoms with Crippen molar-refractivity contribution in [2.24, 2.45) is 0 Å². The summed E-state index contributed by atoms with van der Waals surface area (Å²) in [5.74, 6) is 0.487. The monoisotopic (exact) mass is 338 g/mol. The van der Waals surface area contributed by atoms with Crippen molar-refractivity contribution in [2.45, 2.75) is 14.8 Å². The zero-order chi connectivity index (χ0) is 8.10. The Hall–Kier alpha value is -0.0449. The Kier molecular flexibility index (Phi) is 3.91. The van der Waals surface area contributed by atoms with Crippen LogP contribution in [-0.4, -0.2) is 5.11 Å². The summed E-state index contributed by atoms with van der Waals surface area (Å²) in [6.07, 6.45) is 0. The quantitative estimate of drug-likeness (QED) is 0.841. The molecule has 0 bridgehead atoms. The van der Waals surface area contributed by atoms with E-state index in [1.54, 1.807) is 6.07 Å². The van der Waals surface area contributed by atoms with Crippen LogP contribution in [0.25, 0.3) is 0 Å². The van der Waals surface area contributed by atoms with E-state index in [1.807, 2.05) is 18.2 Å². The summed E-state index contributed by atoms with van der Waals surface area (Å²) in [6, 6.07) is 7.68. The molecule has 2 heteroatoms. The third-order valence-electron chi connectivity index (χ3n) is 1.79. The molecule has 0 aliphatic carbocycles. The Morgan fingerprint density at radius 3 is 2.73 bits per heavy atom. The molecule has 0 saturated heterocycles. The molecule has 1 nitrogen and oxygen atoms in total. The number of phenols is 1. The van der Waals surface area contributed by atoms with E-state index in [0.717, 1.165) is 5.56 Å².